The maximum absolute atomic E-state index is 13.8. The summed E-state index contributed by atoms with van der Waals surface area (Å²) in [6.07, 6.45) is 2.40. The van der Waals surface area contributed by atoms with Crippen molar-refractivity contribution in [1.82, 2.24) is 14.9 Å². The number of amides is 1. The Morgan fingerprint density at radius 3 is 2.55 bits per heavy atom. The summed E-state index contributed by atoms with van der Waals surface area (Å²) in [4.78, 5) is 23.1. The molecule has 3 aromatic rings. The van der Waals surface area contributed by atoms with Crippen LogP contribution in [-0.2, 0) is 11.3 Å². The van der Waals surface area contributed by atoms with Crippen molar-refractivity contribution in [1.29, 1.82) is 0 Å². The highest BCUT2D eigenvalue weighted by Crippen LogP contribution is 2.26. The lowest BCUT2D eigenvalue weighted by Gasteiger charge is -2.21. The van der Waals surface area contributed by atoms with Gasteiger partial charge in [-0.05, 0) is 44.2 Å². The minimum atomic E-state index is -0.670. The monoisotopic (exact) mass is 435 g/mol. The Morgan fingerprint density at radius 2 is 1.93 bits per heavy atom. The fourth-order valence-corrected chi connectivity index (χ4v) is 3.52. The summed E-state index contributed by atoms with van der Waals surface area (Å²) in [6.45, 7) is 4.09. The molecule has 0 N–H and O–H groups in total. The number of thiazole rings is 1. The number of carbonyl (C=O) groups excluding carboxylic acids is 1. The molecule has 0 bridgehead atoms. The number of ether oxygens (including phenoxy) is 2. The van der Waals surface area contributed by atoms with Crippen LogP contribution in [0.25, 0.3) is 0 Å². The van der Waals surface area contributed by atoms with Crippen LogP contribution in [0.1, 0.15) is 16.8 Å². The Labute approximate surface area is 176 Å². The fourth-order valence-electron chi connectivity index (χ4n) is 2.53. The summed E-state index contributed by atoms with van der Waals surface area (Å²) in [5.74, 6) is -0.112. The third-order valence-electron chi connectivity index (χ3n) is 3.91. The Hall–Kier alpha value is -2.71. The molecule has 2 heterocycles. The summed E-state index contributed by atoms with van der Waals surface area (Å²) >= 11 is 7.23. The van der Waals surface area contributed by atoms with E-state index in [4.69, 9.17) is 21.1 Å². The van der Waals surface area contributed by atoms with Gasteiger partial charge in [-0.25, -0.2) is 14.4 Å². The zero-order chi connectivity index (χ0) is 21.0. The third-order valence-corrected chi connectivity index (χ3v) is 5.02. The zero-order valence-corrected chi connectivity index (χ0v) is 17.6. The fraction of sp³-hybridized carbons (Fsp3) is 0.250. The average Bonchev–Trinajstić information content (AvgIpc) is 3.09. The van der Waals surface area contributed by atoms with Crippen molar-refractivity contribution in [3.63, 3.8) is 0 Å². The van der Waals surface area contributed by atoms with E-state index in [0.29, 0.717) is 18.0 Å². The van der Waals surface area contributed by atoms with Crippen LogP contribution in [0.3, 0.4) is 0 Å². The van der Waals surface area contributed by atoms with Crippen LogP contribution in [0.4, 0.5) is 4.39 Å². The van der Waals surface area contributed by atoms with E-state index in [0.717, 1.165) is 16.0 Å². The van der Waals surface area contributed by atoms with Gasteiger partial charge in [-0.1, -0.05) is 11.6 Å². The maximum atomic E-state index is 13.8. The molecular formula is C20H19ClFN3O3S. The molecule has 0 spiro atoms. The molecule has 0 saturated carbocycles. The highest BCUT2D eigenvalue weighted by atomic mass is 35.5. The zero-order valence-electron chi connectivity index (χ0n) is 16.1. The van der Waals surface area contributed by atoms with Gasteiger partial charge in [0, 0.05) is 24.3 Å². The second-order valence-electron chi connectivity index (χ2n) is 6.31. The van der Waals surface area contributed by atoms with Crippen molar-refractivity contribution in [2.24, 2.45) is 0 Å². The lowest BCUT2D eigenvalue weighted by atomic mass is 10.3. The van der Waals surface area contributed by atoms with Crippen LogP contribution >= 0.6 is 22.9 Å². The van der Waals surface area contributed by atoms with Crippen molar-refractivity contribution >= 4 is 28.8 Å². The van der Waals surface area contributed by atoms with Gasteiger partial charge in [0.2, 0.25) is 0 Å². The molecule has 0 aliphatic carbocycles. The lowest BCUT2D eigenvalue weighted by molar-refractivity contribution is -0.137. The van der Waals surface area contributed by atoms with E-state index in [2.05, 4.69) is 9.97 Å². The number of halogens is 2. The smallest absolute Gasteiger partial charge is 0.263 e. The van der Waals surface area contributed by atoms with E-state index in [1.165, 1.54) is 6.20 Å². The molecule has 0 aliphatic heterocycles. The Balaban J connectivity index is 1.57. The highest BCUT2D eigenvalue weighted by Gasteiger charge is 2.20. The first kappa shape index (κ1) is 21.0. The van der Waals surface area contributed by atoms with Crippen LogP contribution in [0.15, 0.2) is 42.7 Å². The van der Waals surface area contributed by atoms with E-state index in [9.17, 15) is 9.18 Å². The molecule has 6 nitrogen and oxygen atoms in total. The lowest BCUT2D eigenvalue weighted by Crippen LogP contribution is -2.37. The number of carbonyl (C=O) groups is 1. The van der Waals surface area contributed by atoms with E-state index in [1.54, 1.807) is 60.7 Å². The number of rotatable bonds is 7. The largest absolute Gasteiger partial charge is 0.481 e. The average molecular weight is 436 g/mol. The number of hydrogen-bond acceptors (Lipinski definition) is 6. The molecule has 1 atom stereocenters. The number of hydrogen-bond donors (Lipinski definition) is 0. The van der Waals surface area contributed by atoms with Crippen LogP contribution in [0.2, 0.25) is 5.02 Å². The number of pyridine rings is 1. The SMILES string of the molecule is Cc1ncc(CN(C)C(=O)C(C)Oc2ccc(Oc3ncc(Cl)cc3F)cc2)s1. The number of likely N-dealkylation sites (N-methyl/N-ethyl adjacent to an activating group) is 1. The minimum Gasteiger partial charge on any atom is -0.481 e. The molecule has 9 heteroatoms. The van der Waals surface area contributed by atoms with Gasteiger partial charge in [-0.3, -0.25) is 4.79 Å². The van der Waals surface area contributed by atoms with Crippen molar-refractivity contribution in [2.45, 2.75) is 26.5 Å². The van der Waals surface area contributed by atoms with Crippen LogP contribution < -0.4 is 9.47 Å². The quantitative estimate of drug-likeness (QED) is 0.530. The van der Waals surface area contributed by atoms with Crippen molar-refractivity contribution in [3.05, 3.63) is 63.5 Å². The Morgan fingerprint density at radius 1 is 1.24 bits per heavy atom. The predicted octanol–water partition coefficient (Wildman–Crippen LogP) is 4.86. The molecule has 3 rings (SSSR count). The first-order valence-electron chi connectivity index (χ1n) is 8.73. The van der Waals surface area contributed by atoms with E-state index < -0.39 is 11.9 Å². The molecule has 0 fully saturated rings. The second-order valence-corrected chi connectivity index (χ2v) is 8.07. The molecule has 152 valence electrons. The molecule has 0 radical (unpaired) electrons. The number of nitrogens with zero attached hydrogens (tertiary/aromatic N) is 3. The molecule has 0 aliphatic rings. The summed E-state index contributed by atoms with van der Waals surface area (Å²) in [5, 5.41) is 1.15. The minimum absolute atomic E-state index is 0.149. The number of aromatic nitrogens is 2. The predicted molar refractivity (Wildman–Crippen MR) is 109 cm³/mol. The van der Waals surface area contributed by atoms with E-state index >= 15 is 0 Å². The first-order chi connectivity index (χ1) is 13.8. The van der Waals surface area contributed by atoms with Gasteiger partial charge in [0.15, 0.2) is 11.9 Å². The number of aryl methyl sites for hydroxylation is 1. The second kappa shape index (κ2) is 9.19. The van der Waals surface area contributed by atoms with Gasteiger partial charge in [0.1, 0.15) is 11.5 Å². The number of benzene rings is 1. The first-order valence-corrected chi connectivity index (χ1v) is 9.93. The van der Waals surface area contributed by atoms with E-state index in [-0.39, 0.29) is 16.8 Å². The van der Waals surface area contributed by atoms with Crippen LogP contribution in [-0.4, -0.2) is 33.9 Å². The van der Waals surface area contributed by atoms with Gasteiger partial charge < -0.3 is 14.4 Å². The highest BCUT2D eigenvalue weighted by molar-refractivity contribution is 7.11. The van der Waals surface area contributed by atoms with Crippen LogP contribution in [0, 0.1) is 12.7 Å². The van der Waals surface area contributed by atoms with E-state index in [1.807, 2.05) is 6.92 Å². The molecule has 2 aromatic heterocycles. The van der Waals surface area contributed by atoms with Gasteiger partial charge in [-0.2, -0.15) is 0 Å². The van der Waals surface area contributed by atoms with Gasteiger partial charge in [0.05, 0.1) is 16.6 Å². The summed E-state index contributed by atoms with van der Waals surface area (Å²) < 4.78 is 24.9. The topological polar surface area (TPSA) is 64.6 Å². The third kappa shape index (κ3) is 5.65. The molecule has 1 unspecified atom stereocenters. The van der Waals surface area contributed by atoms with Gasteiger partial charge in [-0.15, -0.1) is 11.3 Å². The maximum Gasteiger partial charge on any atom is 0.263 e. The van der Waals surface area contributed by atoms with Gasteiger partial charge >= 0.3 is 0 Å². The molecule has 29 heavy (non-hydrogen) atoms. The molecule has 1 amide bonds. The Kier molecular flexibility index (Phi) is 6.66. The van der Waals surface area contributed by atoms with Crippen molar-refractivity contribution < 1.29 is 18.7 Å². The molecule has 1 aromatic carbocycles. The Bertz CT molecular complexity index is 997. The van der Waals surface area contributed by atoms with Crippen molar-refractivity contribution in [2.75, 3.05) is 7.05 Å². The summed E-state index contributed by atoms with van der Waals surface area (Å²) in [7, 11) is 1.72. The molecular weight excluding hydrogens is 417 g/mol. The van der Waals surface area contributed by atoms with Crippen molar-refractivity contribution in [3.8, 4) is 17.4 Å². The van der Waals surface area contributed by atoms with Crippen LogP contribution in [0.5, 0.6) is 17.4 Å². The molecule has 0 saturated heterocycles. The normalized spacial score (nSPS) is 11.8. The summed E-state index contributed by atoms with van der Waals surface area (Å²) in [5.41, 5.74) is 0. The summed E-state index contributed by atoms with van der Waals surface area (Å²) in [6, 6.07) is 7.61. The standard InChI is InChI=1S/C20H19ClFN3O3S/c1-12(20(26)25(3)11-17-10-23-13(2)29-17)27-15-4-6-16(7-5-15)28-19-18(22)8-14(21)9-24-19/h4-10,12H,11H2,1-3H3. The van der Waals surface area contributed by atoms with Gasteiger partial charge in [0.25, 0.3) is 11.8 Å².